The Balaban J connectivity index is 1.58. The maximum atomic E-state index is 12.3. The fourth-order valence-electron chi connectivity index (χ4n) is 2.85. The Morgan fingerprint density at radius 3 is 2.48 bits per heavy atom. The van der Waals surface area contributed by atoms with Crippen LogP contribution in [0.5, 0.6) is 5.75 Å². The highest BCUT2D eigenvalue weighted by Crippen LogP contribution is 2.27. The van der Waals surface area contributed by atoms with E-state index in [-0.39, 0.29) is 30.2 Å². The van der Waals surface area contributed by atoms with E-state index in [1.54, 1.807) is 28.8 Å². The smallest absolute Gasteiger partial charge is 0.273 e. The maximum Gasteiger partial charge on any atom is 0.273 e. The van der Waals surface area contributed by atoms with Crippen LogP contribution in [0.4, 0.5) is 5.69 Å². The fraction of sp³-hybridized carbons (Fsp3) is 0.211. The summed E-state index contributed by atoms with van der Waals surface area (Å²) in [5.41, 5.74) is 5.39. The van der Waals surface area contributed by atoms with E-state index >= 15 is 0 Å². The lowest BCUT2D eigenvalue weighted by Gasteiger charge is -2.17. The Kier molecular flexibility index (Phi) is 5.66. The van der Waals surface area contributed by atoms with E-state index in [2.05, 4.69) is 10.9 Å². The van der Waals surface area contributed by atoms with Gasteiger partial charge in [0.15, 0.2) is 0 Å². The van der Waals surface area contributed by atoms with E-state index in [1.807, 2.05) is 30.5 Å². The molecule has 3 rings (SSSR count). The van der Waals surface area contributed by atoms with Crippen molar-refractivity contribution < 1.29 is 19.5 Å². The molecule has 1 fully saturated rings. The van der Waals surface area contributed by atoms with Gasteiger partial charge >= 0.3 is 0 Å². The number of para-hydroxylation sites is 1. The summed E-state index contributed by atoms with van der Waals surface area (Å²) < 4.78 is 0. The Morgan fingerprint density at radius 1 is 1.11 bits per heavy atom. The number of hydrogen-bond acceptors (Lipinski definition) is 5. The first-order valence-corrected chi connectivity index (χ1v) is 9.54. The molecule has 0 bridgehead atoms. The molecule has 7 nitrogen and oxygen atoms in total. The summed E-state index contributed by atoms with van der Waals surface area (Å²) in [5, 5.41) is 9.66. The number of nitrogens with one attached hydrogen (secondary N) is 2. The average molecular weight is 385 g/mol. The molecule has 8 heteroatoms. The summed E-state index contributed by atoms with van der Waals surface area (Å²) in [4.78, 5) is 39.3. The second kappa shape index (κ2) is 8.13. The number of amides is 3. The van der Waals surface area contributed by atoms with Crippen molar-refractivity contribution in [2.24, 2.45) is 5.92 Å². The number of carbonyl (C=O) groups excluding carboxylic acids is 3. The molecule has 2 aromatic rings. The number of hydrogen-bond donors (Lipinski definition) is 3. The van der Waals surface area contributed by atoms with Crippen LogP contribution in [0.25, 0.3) is 0 Å². The maximum absolute atomic E-state index is 12.3. The Hall–Kier alpha value is -3.00. The quantitative estimate of drug-likeness (QED) is 0.552. The van der Waals surface area contributed by atoms with Crippen LogP contribution in [-0.2, 0) is 9.59 Å². The normalized spacial score (nSPS) is 16.3. The van der Waals surface area contributed by atoms with Crippen molar-refractivity contribution >= 4 is 35.2 Å². The first-order valence-electron chi connectivity index (χ1n) is 8.32. The van der Waals surface area contributed by atoms with Crippen molar-refractivity contribution in [3.8, 4) is 5.75 Å². The second-order valence-electron chi connectivity index (χ2n) is 6.06. The van der Waals surface area contributed by atoms with E-state index in [4.69, 9.17) is 0 Å². The van der Waals surface area contributed by atoms with Gasteiger partial charge in [0.2, 0.25) is 11.8 Å². The van der Waals surface area contributed by atoms with Crippen molar-refractivity contribution in [3.05, 3.63) is 54.1 Å². The number of hydrazine groups is 1. The van der Waals surface area contributed by atoms with Gasteiger partial charge in [0.25, 0.3) is 5.91 Å². The summed E-state index contributed by atoms with van der Waals surface area (Å²) in [6.07, 6.45) is 2.04. The molecule has 1 atom stereocenters. The number of anilines is 1. The highest BCUT2D eigenvalue weighted by molar-refractivity contribution is 7.98. The molecule has 2 aromatic carbocycles. The molecule has 1 heterocycles. The molecule has 0 aliphatic carbocycles. The summed E-state index contributed by atoms with van der Waals surface area (Å²) in [6.45, 7) is 0.246. The summed E-state index contributed by atoms with van der Waals surface area (Å²) in [6, 6.07) is 13.6. The average Bonchev–Trinajstić information content (AvgIpc) is 3.08. The lowest BCUT2D eigenvalue weighted by molar-refractivity contribution is -0.126. The number of aromatic hydroxyl groups is 1. The minimum absolute atomic E-state index is 0.0517. The molecule has 0 spiro atoms. The van der Waals surface area contributed by atoms with Crippen LogP contribution in [0.1, 0.15) is 16.8 Å². The zero-order chi connectivity index (χ0) is 19.4. The Morgan fingerprint density at radius 2 is 1.81 bits per heavy atom. The zero-order valence-electron chi connectivity index (χ0n) is 14.6. The Bertz CT molecular complexity index is 870. The summed E-state index contributed by atoms with van der Waals surface area (Å²) in [7, 11) is 0. The Labute approximate surface area is 160 Å². The standard InChI is InChI=1S/C19H19N3O4S/c1-27-14-8-6-13(7-9-14)22-11-12(10-17(22)24)18(25)20-21-19(26)15-4-2-3-5-16(15)23/h2-9,12,23H,10-11H2,1H3,(H,20,25)(H,21,26). The third kappa shape index (κ3) is 4.22. The largest absolute Gasteiger partial charge is 0.507 e. The SMILES string of the molecule is CSc1ccc(N2CC(C(=O)NNC(=O)c3ccccc3O)CC2=O)cc1. The van der Waals surface area contributed by atoms with Crippen molar-refractivity contribution in [3.63, 3.8) is 0 Å². The van der Waals surface area contributed by atoms with Gasteiger partial charge in [-0.05, 0) is 42.7 Å². The summed E-state index contributed by atoms with van der Waals surface area (Å²) in [5.74, 6) is -1.97. The van der Waals surface area contributed by atoms with Crippen LogP contribution in [0.3, 0.4) is 0 Å². The predicted octanol–water partition coefficient (Wildman–Crippen LogP) is 1.93. The molecule has 1 aliphatic rings. The van der Waals surface area contributed by atoms with Crippen molar-refractivity contribution in [1.29, 1.82) is 0 Å². The van der Waals surface area contributed by atoms with Gasteiger partial charge in [-0.3, -0.25) is 25.2 Å². The van der Waals surface area contributed by atoms with Crippen LogP contribution >= 0.6 is 11.8 Å². The number of thioether (sulfide) groups is 1. The molecule has 1 unspecified atom stereocenters. The lowest BCUT2D eigenvalue weighted by atomic mass is 10.1. The topological polar surface area (TPSA) is 98.7 Å². The number of nitrogens with zero attached hydrogens (tertiary/aromatic N) is 1. The fourth-order valence-corrected chi connectivity index (χ4v) is 3.26. The van der Waals surface area contributed by atoms with Crippen molar-refractivity contribution in [2.45, 2.75) is 11.3 Å². The third-order valence-electron chi connectivity index (χ3n) is 4.33. The molecule has 27 heavy (non-hydrogen) atoms. The zero-order valence-corrected chi connectivity index (χ0v) is 15.5. The van der Waals surface area contributed by atoms with Crippen LogP contribution in [0.15, 0.2) is 53.4 Å². The van der Waals surface area contributed by atoms with Crippen LogP contribution in [0.2, 0.25) is 0 Å². The monoisotopic (exact) mass is 385 g/mol. The molecule has 3 N–H and O–H groups in total. The minimum Gasteiger partial charge on any atom is -0.507 e. The van der Waals surface area contributed by atoms with Gasteiger partial charge in [0.1, 0.15) is 5.75 Å². The predicted molar refractivity (Wildman–Crippen MR) is 102 cm³/mol. The van der Waals surface area contributed by atoms with E-state index < -0.39 is 17.7 Å². The molecule has 0 radical (unpaired) electrons. The van der Waals surface area contributed by atoms with E-state index in [0.29, 0.717) is 0 Å². The molecule has 1 aliphatic heterocycles. The van der Waals surface area contributed by atoms with Crippen LogP contribution in [-0.4, -0.2) is 35.6 Å². The first kappa shape index (κ1) is 18.8. The first-order chi connectivity index (χ1) is 13.0. The van der Waals surface area contributed by atoms with Gasteiger partial charge in [-0.1, -0.05) is 12.1 Å². The van der Waals surface area contributed by atoms with Gasteiger partial charge < -0.3 is 10.0 Å². The number of carbonyl (C=O) groups is 3. The molecular formula is C19H19N3O4S. The third-order valence-corrected chi connectivity index (χ3v) is 5.07. The number of benzene rings is 2. The van der Waals surface area contributed by atoms with E-state index in [1.165, 1.54) is 12.1 Å². The van der Waals surface area contributed by atoms with Gasteiger partial charge in [0, 0.05) is 23.5 Å². The van der Waals surface area contributed by atoms with Gasteiger partial charge in [0.05, 0.1) is 11.5 Å². The summed E-state index contributed by atoms with van der Waals surface area (Å²) >= 11 is 1.61. The van der Waals surface area contributed by atoms with Crippen LogP contribution in [0, 0.1) is 5.92 Å². The van der Waals surface area contributed by atoms with Crippen molar-refractivity contribution in [2.75, 3.05) is 17.7 Å². The van der Waals surface area contributed by atoms with Crippen LogP contribution < -0.4 is 15.8 Å². The molecule has 140 valence electrons. The van der Waals surface area contributed by atoms with Gasteiger partial charge in [-0.15, -0.1) is 11.8 Å². The van der Waals surface area contributed by atoms with Crippen molar-refractivity contribution in [1.82, 2.24) is 10.9 Å². The minimum atomic E-state index is -0.629. The molecule has 1 saturated heterocycles. The van der Waals surface area contributed by atoms with Gasteiger partial charge in [-0.2, -0.15) is 0 Å². The lowest BCUT2D eigenvalue weighted by Crippen LogP contribution is -2.45. The van der Waals surface area contributed by atoms with E-state index in [9.17, 15) is 19.5 Å². The number of rotatable bonds is 4. The molecule has 0 saturated carbocycles. The molecular weight excluding hydrogens is 366 g/mol. The number of phenols is 1. The number of phenolic OH excluding ortho intramolecular Hbond substituents is 1. The molecule has 3 amide bonds. The molecule has 0 aromatic heterocycles. The second-order valence-corrected chi connectivity index (χ2v) is 6.94. The van der Waals surface area contributed by atoms with E-state index in [0.717, 1.165) is 10.6 Å². The highest BCUT2D eigenvalue weighted by Gasteiger charge is 2.35. The highest BCUT2D eigenvalue weighted by atomic mass is 32.2. The van der Waals surface area contributed by atoms with Gasteiger partial charge in [-0.25, -0.2) is 0 Å².